The molecule has 4 aromatic rings. The lowest BCUT2D eigenvalue weighted by Crippen LogP contribution is -2.38. The number of nitrogens with two attached hydrogens (primary N) is 1. The van der Waals surface area contributed by atoms with Gasteiger partial charge in [-0.05, 0) is 36.8 Å². The molecule has 1 saturated heterocycles. The summed E-state index contributed by atoms with van der Waals surface area (Å²) in [6, 6.07) is 9.45. The van der Waals surface area contributed by atoms with E-state index in [1.165, 1.54) is 0 Å². The Morgan fingerprint density at radius 3 is 2.60 bits per heavy atom. The normalized spacial score (nSPS) is 16.4. The summed E-state index contributed by atoms with van der Waals surface area (Å²) in [7, 11) is 0. The number of aromatic nitrogens is 4. The molecule has 5 rings (SSSR count). The van der Waals surface area contributed by atoms with Crippen LogP contribution in [0.2, 0.25) is 0 Å². The molecule has 0 bridgehead atoms. The second-order valence-electron chi connectivity index (χ2n) is 8.92. The largest absolute Gasteiger partial charge is 0.416 e. The number of hydrogen-bond donors (Lipinski definition) is 2. The summed E-state index contributed by atoms with van der Waals surface area (Å²) in [4.78, 5) is 18.6. The number of nitrogens with zero attached hydrogens (tertiary/aromatic N) is 4. The van der Waals surface area contributed by atoms with Crippen molar-refractivity contribution in [1.29, 1.82) is 0 Å². The van der Waals surface area contributed by atoms with E-state index in [2.05, 4.69) is 14.9 Å². The van der Waals surface area contributed by atoms with E-state index >= 15 is 0 Å². The van der Waals surface area contributed by atoms with Gasteiger partial charge in [0.1, 0.15) is 11.6 Å². The Labute approximate surface area is 200 Å². The van der Waals surface area contributed by atoms with Crippen LogP contribution < -0.4 is 10.6 Å². The molecule has 1 aliphatic rings. The van der Waals surface area contributed by atoms with E-state index < -0.39 is 17.3 Å². The molecule has 0 aliphatic carbocycles. The lowest BCUT2D eigenvalue weighted by molar-refractivity contribution is -0.137. The number of H-pyrrole nitrogens is 1. The summed E-state index contributed by atoms with van der Waals surface area (Å²) in [6.07, 6.45) is 0.775. The van der Waals surface area contributed by atoms with Gasteiger partial charge in [-0.2, -0.15) is 13.2 Å². The number of aromatic amines is 1. The number of benzene rings is 1. The number of alkyl halides is 3. The Bertz CT molecular complexity index is 1330. The lowest BCUT2D eigenvalue weighted by atomic mass is 9.90. The number of nitrogens with one attached hydrogen (secondary N) is 1. The summed E-state index contributed by atoms with van der Waals surface area (Å²) < 4.78 is 46.5. The fourth-order valence-electron chi connectivity index (χ4n) is 4.33. The van der Waals surface area contributed by atoms with Crippen molar-refractivity contribution in [1.82, 2.24) is 19.9 Å². The van der Waals surface area contributed by atoms with Crippen molar-refractivity contribution in [2.75, 3.05) is 31.2 Å². The van der Waals surface area contributed by atoms with Crippen LogP contribution in [0.3, 0.4) is 0 Å². The average molecular weight is 483 g/mol. The standard InChI is InChI=1S/C25H25F3N6O/c1-24(29,16-3-2-5-30-15-16)14-22-32-21(13-23(33-22)34-7-9-35-10-8-34)19-11-17(25(26,27)28)12-20-18(19)4-6-31-20/h2-6,11-13,15,31H,7-10,14,29H2,1H3. The summed E-state index contributed by atoms with van der Waals surface area (Å²) in [5.74, 6) is 1.08. The molecule has 0 radical (unpaired) electrons. The van der Waals surface area contributed by atoms with Crippen molar-refractivity contribution in [2.24, 2.45) is 5.73 Å². The summed E-state index contributed by atoms with van der Waals surface area (Å²) in [6.45, 7) is 4.21. The molecule has 1 aromatic carbocycles. The zero-order valence-electron chi connectivity index (χ0n) is 19.1. The highest BCUT2D eigenvalue weighted by atomic mass is 19.4. The second kappa shape index (κ2) is 8.94. The third-order valence-corrected chi connectivity index (χ3v) is 6.21. The minimum atomic E-state index is -4.49. The number of ether oxygens (including phenoxy) is 1. The number of pyridine rings is 1. The van der Waals surface area contributed by atoms with Gasteiger partial charge in [-0.25, -0.2) is 9.97 Å². The van der Waals surface area contributed by atoms with Gasteiger partial charge >= 0.3 is 6.18 Å². The van der Waals surface area contributed by atoms with Crippen molar-refractivity contribution in [2.45, 2.75) is 25.1 Å². The summed E-state index contributed by atoms with van der Waals surface area (Å²) in [5, 5.41) is 0.651. The van der Waals surface area contributed by atoms with Crippen molar-refractivity contribution < 1.29 is 17.9 Å². The first kappa shape index (κ1) is 23.3. The van der Waals surface area contributed by atoms with Crippen molar-refractivity contribution >= 4 is 16.7 Å². The molecule has 0 spiro atoms. The van der Waals surface area contributed by atoms with E-state index in [1.54, 1.807) is 30.7 Å². The van der Waals surface area contributed by atoms with Crippen LogP contribution in [0.5, 0.6) is 0 Å². The zero-order chi connectivity index (χ0) is 24.6. The first-order valence-corrected chi connectivity index (χ1v) is 11.3. The number of morpholine rings is 1. The third kappa shape index (κ3) is 4.85. The molecule has 1 aliphatic heterocycles. The SMILES string of the molecule is CC(N)(Cc1nc(-c2cc(C(F)(F)F)cc3[nH]ccc23)cc(N2CCOCC2)n1)c1cccnc1. The molecule has 1 atom stereocenters. The molecule has 3 aromatic heterocycles. The van der Waals surface area contributed by atoms with Crippen LogP contribution >= 0.6 is 0 Å². The first-order valence-electron chi connectivity index (χ1n) is 11.3. The molecule has 4 heterocycles. The van der Waals surface area contributed by atoms with Gasteiger partial charge < -0.3 is 20.4 Å². The van der Waals surface area contributed by atoms with Crippen LogP contribution in [0.1, 0.15) is 23.9 Å². The Kier molecular flexibility index (Phi) is 5.94. The molecule has 1 unspecified atom stereocenters. The monoisotopic (exact) mass is 482 g/mol. The Morgan fingerprint density at radius 1 is 1.09 bits per heavy atom. The van der Waals surface area contributed by atoms with Crippen molar-refractivity contribution in [3.63, 3.8) is 0 Å². The van der Waals surface area contributed by atoms with Crippen LogP contribution in [0.15, 0.2) is 55.0 Å². The minimum absolute atomic E-state index is 0.277. The molecule has 0 amide bonds. The fraction of sp³-hybridized carbons (Fsp3) is 0.320. The van der Waals surface area contributed by atoms with Crippen LogP contribution in [-0.4, -0.2) is 46.2 Å². The van der Waals surface area contributed by atoms with Crippen LogP contribution in [-0.2, 0) is 22.9 Å². The predicted molar refractivity (Wildman–Crippen MR) is 127 cm³/mol. The lowest BCUT2D eigenvalue weighted by Gasteiger charge is -2.29. The molecule has 35 heavy (non-hydrogen) atoms. The number of halogens is 3. The maximum absolute atomic E-state index is 13.7. The van der Waals surface area contributed by atoms with Gasteiger partial charge in [0.05, 0.1) is 24.5 Å². The van der Waals surface area contributed by atoms with Gasteiger partial charge in [0.25, 0.3) is 0 Å². The summed E-state index contributed by atoms with van der Waals surface area (Å²) >= 11 is 0. The highest BCUT2D eigenvalue weighted by Gasteiger charge is 2.32. The van der Waals surface area contributed by atoms with E-state index in [0.29, 0.717) is 60.1 Å². The Morgan fingerprint density at radius 2 is 1.89 bits per heavy atom. The fourth-order valence-corrected chi connectivity index (χ4v) is 4.33. The maximum Gasteiger partial charge on any atom is 0.416 e. The molecular formula is C25H25F3N6O. The molecule has 3 N–H and O–H groups in total. The smallest absolute Gasteiger partial charge is 0.378 e. The molecule has 7 nitrogen and oxygen atoms in total. The van der Waals surface area contributed by atoms with E-state index in [9.17, 15) is 13.2 Å². The van der Waals surface area contributed by atoms with E-state index in [-0.39, 0.29) is 6.42 Å². The highest BCUT2D eigenvalue weighted by Crippen LogP contribution is 2.37. The van der Waals surface area contributed by atoms with Gasteiger partial charge in [0.2, 0.25) is 0 Å². The zero-order valence-corrected chi connectivity index (χ0v) is 19.1. The molecule has 10 heteroatoms. The first-order chi connectivity index (χ1) is 16.7. The number of rotatable bonds is 5. The molecule has 0 saturated carbocycles. The van der Waals surface area contributed by atoms with Crippen LogP contribution in [0.4, 0.5) is 19.0 Å². The van der Waals surface area contributed by atoms with Gasteiger partial charge in [-0.15, -0.1) is 0 Å². The second-order valence-corrected chi connectivity index (χ2v) is 8.92. The summed E-state index contributed by atoms with van der Waals surface area (Å²) in [5.41, 5.74) is 7.07. The van der Waals surface area contributed by atoms with Crippen molar-refractivity contribution in [3.05, 3.63) is 71.9 Å². The molecular weight excluding hydrogens is 457 g/mol. The van der Waals surface area contributed by atoms with Crippen LogP contribution in [0, 0.1) is 0 Å². The quantitative estimate of drug-likeness (QED) is 0.441. The molecule has 1 fully saturated rings. The topological polar surface area (TPSA) is 93.0 Å². The number of anilines is 1. The molecule has 182 valence electrons. The predicted octanol–water partition coefficient (Wildman–Crippen LogP) is 4.29. The van der Waals surface area contributed by atoms with Gasteiger partial charge in [-0.3, -0.25) is 4.98 Å². The minimum Gasteiger partial charge on any atom is -0.378 e. The Hall–Kier alpha value is -3.50. The van der Waals surface area contributed by atoms with Gasteiger partial charge in [0, 0.05) is 66.2 Å². The number of fused-ring (bicyclic) bond motifs is 1. The van der Waals surface area contributed by atoms with Gasteiger partial charge in [0.15, 0.2) is 0 Å². The average Bonchev–Trinajstić information content (AvgIpc) is 3.32. The van der Waals surface area contributed by atoms with Crippen LogP contribution in [0.25, 0.3) is 22.2 Å². The highest BCUT2D eigenvalue weighted by molar-refractivity contribution is 5.95. The Balaban J connectivity index is 1.64. The van der Waals surface area contributed by atoms with E-state index in [1.807, 2.05) is 19.1 Å². The van der Waals surface area contributed by atoms with Gasteiger partial charge in [-0.1, -0.05) is 6.07 Å². The number of hydrogen-bond acceptors (Lipinski definition) is 6. The van der Waals surface area contributed by atoms with E-state index in [4.69, 9.17) is 20.4 Å². The van der Waals surface area contributed by atoms with E-state index in [0.717, 1.165) is 17.7 Å². The third-order valence-electron chi connectivity index (χ3n) is 6.21. The van der Waals surface area contributed by atoms with Crippen molar-refractivity contribution in [3.8, 4) is 11.3 Å². The maximum atomic E-state index is 13.7.